The Morgan fingerprint density at radius 2 is 1.77 bits per heavy atom. The number of hydrogen-bond donors (Lipinski definition) is 1. The van der Waals surface area contributed by atoms with Crippen molar-refractivity contribution in [3.63, 3.8) is 0 Å². The smallest absolute Gasteiger partial charge is 0.194 e. The molecule has 0 saturated carbocycles. The number of rotatable bonds is 3. The first kappa shape index (κ1) is 17.3. The van der Waals surface area contributed by atoms with Crippen molar-refractivity contribution in [2.75, 3.05) is 26.2 Å². The molecule has 2 aromatic rings. The van der Waals surface area contributed by atoms with Crippen molar-refractivity contribution in [3.05, 3.63) is 57.5 Å². The maximum absolute atomic E-state index is 14.2. The molecule has 22 heavy (non-hydrogen) atoms. The highest BCUT2D eigenvalue weighted by atomic mass is 35.5. The largest absolute Gasteiger partial charge is 0.314 e. The van der Waals surface area contributed by atoms with Crippen molar-refractivity contribution in [2.45, 2.75) is 6.04 Å². The number of halogens is 4. The Morgan fingerprint density at radius 3 is 2.41 bits per heavy atom. The first-order valence-corrected chi connectivity index (χ1v) is 7.73. The first-order chi connectivity index (χ1) is 10.2. The number of hydrogen-bond acceptors (Lipinski definition) is 3. The summed E-state index contributed by atoms with van der Waals surface area (Å²) < 4.78 is 41.0. The van der Waals surface area contributed by atoms with Gasteiger partial charge in [-0.05, 0) is 28.5 Å². The minimum atomic E-state index is -1.40. The molecule has 1 aliphatic rings. The predicted molar refractivity (Wildman–Crippen MR) is 84.2 cm³/mol. The summed E-state index contributed by atoms with van der Waals surface area (Å²) >= 11 is 1.51. The molecule has 0 amide bonds. The van der Waals surface area contributed by atoms with E-state index in [1.54, 1.807) is 0 Å². The third kappa shape index (κ3) is 3.30. The lowest BCUT2D eigenvalue weighted by Crippen LogP contribution is -2.45. The molecule has 0 unspecified atom stereocenters. The summed E-state index contributed by atoms with van der Waals surface area (Å²) in [5, 5.41) is 7.06. The molecule has 0 bridgehead atoms. The average Bonchev–Trinajstić information content (AvgIpc) is 3.03. The van der Waals surface area contributed by atoms with Gasteiger partial charge in [-0.25, -0.2) is 13.2 Å². The minimum absolute atomic E-state index is 0. The Hall–Kier alpha value is -1.08. The van der Waals surface area contributed by atoms with Gasteiger partial charge in [0.25, 0.3) is 0 Å². The van der Waals surface area contributed by atoms with E-state index in [1.807, 2.05) is 16.8 Å². The summed E-state index contributed by atoms with van der Waals surface area (Å²) in [6.45, 7) is 3.07. The molecule has 0 spiro atoms. The van der Waals surface area contributed by atoms with Crippen LogP contribution in [0, 0.1) is 17.5 Å². The summed E-state index contributed by atoms with van der Waals surface area (Å²) in [5.41, 5.74) is 1.10. The van der Waals surface area contributed by atoms with Gasteiger partial charge in [-0.1, -0.05) is 6.07 Å². The highest BCUT2D eigenvalue weighted by Crippen LogP contribution is 2.33. The fourth-order valence-corrected chi connectivity index (χ4v) is 3.39. The maximum Gasteiger partial charge on any atom is 0.194 e. The van der Waals surface area contributed by atoms with Crippen LogP contribution in [0.5, 0.6) is 0 Å². The number of piperazine rings is 1. The van der Waals surface area contributed by atoms with Crippen LogP contribution in [0.3, 0.4) is 0 Å². The van der Waals surface area contributed by atoms with Crippen molar-refractivity contribution >= 4 is 23.7 Å². The van der Waals surface area contributed by atoms with E-state index in [-0.39, 0.29) is 24.0 Å². The zero-order chi connectivity index (χ0) is 14.8. The van der Waals surface area contributed by atoms with Crippen LogP contribution in [0.25, 0.3) is 0 Å². The monoisotopic (exact) mass is 348 g/mol. The lowest BCUT2D eigenvalue weighted by molar-refractivity contribution is 0.194. The van der Waals surface area contributed by atoms with Crippen molar-refractivity contribution in [2.24, 2.45) is 0 Å². The lowest BCUT2D eigenvalue weighted by atomic mass is 9.98. The number of nitrogens with zero attached hydrogens (tertiary/aromatic N) is 1. The van der Waals surface area contributed by atoms with E-state index in [9.17, 15) is 13.2 Å². The van der Waals surface area contributed by atoms with E-state index in [0.29, 0.717) is 0 Å². The van der Waals surface area contributed by atoms with Gasteiger partial charge in [-0.2, -0.15) is 11.3 Å². The third-order valence-electron chi connectivity index (χ3n) is 3.74. The van der Waals surface area contributed by atoms with Crippen molar-refractivity contribution < 1.29 is 13.2 Å². The maximum atomic E-state index is 14.2. The second kappa shape index (κ2) is 7.46. The van der Waals surface area contributed by atoms with Crippen LogP contribution < -0.4 is 5.32 Å². The Kier molecular flexibility index (Phi) is 5.86. The molecule has 0 radical (unpaired) electrons. The summed E-state index contributed by atoms with van der Waals surface area (Å²) in [4.78, 5) is 2.09. The van der Waals surface area contributed by atoms with Gasteiger partial charge >= 0.3 is 0 Å². The zero-order valence-corrected chi connectivity index (χ0v) is 13.3. The first-order valence-electron chi connectivity index (χ1n) is 6.78. The van der Waals surface area contributed by atoms with E-state index in [4.69, 9.17) is 0 Å². The molecule has 3 rings (SSSR count). The summed E-state index contributed by atoms with van der Waals surface area (Å²) in [7, 11) is 0. The highest BCUT2D eigenvalue weighted by molar-refractivity contribution is 7.08. The Labute approximate surface area is 137 Å². The van der Waals surface area contributed by atoms with Gasteiger partial charge in [0.05, 0.1) is 6.04 Å². The molecule has 1 aliphatic heterocycles. The quantitative estimate of drug-likeness (QED) is 0.853. The Balaban J connectivity index is 0.00000176. The molecular weight excluding hydrogens is 333 g/mol. The highest BCUT2D eigenvalue weighted by Gasteiger charge is 2.28. The summed E-state index contributed by atoms with van der Waals surface area (Å²) in [5.74, 6) is -3.65. The van der Waals surface area contributed by atoms with Crippen LogP contribution in [-0.2, 0) is 0 Å². The minimum Gasteiger partial charge on any atom is -0.314 e. The standard InChI is InChI=1S/C15H15F3N2S.ClH/c16-12-2-1-11(13(17)14(12)18)15(10-3-8-21-9-10)20-6-4-19-5-7-20;/h1-3,8-9,15,19H,4-7H2;1H/t15-;/m1./s1. The van der Waals surface area contributed by atoms with Crippen LogP contribution >= 0.6 is 23.7 Å². The lowest BCUT2D eigenvalue weighted by Gasteiger charge is -2.35. The van der Waals surface area contributed by atoms with E-state index in [1.165, 1.54) is 17.4 Å². The second-order valence-electron chi connectivity index (χ2n) is 5.01. The Morgan fingerprint density at radius 1 is 1.05 bits per heavy atom. The van der Waals surface area contributed by atoms with Gasteiger partial charge in [-0.15, -0.1) is 12.4 Å². The fourth-order valence-electron chi connectivity index (χ4n) is 2.71. The second-order valence-corrected chi connectivity index (χ2v) is 5.79. The van der Waals surface area contributed by atoms with Gasteiger partial charge in [0, 0.05) is 31.7 Å². The number of benzene rings is 1. The molecule has 0 aliphatic carbocycles. The number of nitrogens with one attached hydrogen (secondary N) is 1. The molecule has 120 valence electrons. The van der Waals surface area contributed by atoms with Gasteiger partial charge in [0.1, 0.15) is 0 Å². The van der Waals surface area contributed by atoms with Crippen molar-refractivity contribution in [3.8, 4) is 0 Å². The van der Waals surface area contributed by atoms with Crippen LogP contribution in [0.2, 0.25) is 0 Å². The van der Waals surface area contributed by atoms with Gasteiger partial charge in [0.15, 0.2) is 17.5 Å². The van der Waals surface area contributed by atoms with Crippen LogP contribution in [0.15, 0.2) is 29.0 Å². The van der Waals surface area contributed by atoms with Crippen LogP contribution in [-0.4, -0.2) is 31.1 Å². The van der Waals surface area contributed by atoms with E-state index in [0.717, 1.165) is 37.8 Å². The summed E-state index contributed by atoms with van der Waals surface area (Å²) in [6, 6.07) is 3.86. The van der Waals surface area contributed by atoms with Gasteiger partial charge < -0.3 is 5.32 Å². The molecule has 1 N–H and O–H groups in total. The molecule has 7 heteroatoms. The topological polar surface area (TPSA) is 15.3 Å². The van der Waals surface area contributed by atoms with Gasteiger partial charge in [0.2, 0.25) is 0 Å². The molecule has 1 saturated heterocycles. The SMILES string of the molecule is Cl.Fc1ccc([C@@H](c2ccsc2)N2CCNCC2)c(F)c1F. The van der Waals surface area contributed by atoms with Crippen molar-refractivity contribution in [1.82, 2.24) is 10.2 Å². The van der Waals surface area contributed by atoms with Gasteiger partial charge in [-0.3, -0.25) is 4.90 Å². The third-order valence-corrected chi connectivity index (χ3v) is 4.44. The molecule has 2 nitrogen and oxygen atoms in total. The number of thiophene rings is 1. The molecule has 1 aromatic heterocycles. The Bertz CT molecular complexity index is 616. The van der Waals surface area contributed by atoms with Crippen LogP contribution in [0.4, 0.5) is 13.2 Å². The van der Waals surface area contributed by atoms with Crippen molar-refractivity contribution in [1.29, 1.82) is 0 Å². The molecule has 1 fully saturated rings. The zero-order valence-electron chi connectivity index (χ0n) is 11.7. The van der Waals surface area contributed by atoms with E-state index >= 15 is 0 Å². The predicted octanol–water partition coefficient (Wildman–Crippen LogP) is 3.58. The average molecular weight is 349 g/mol. The molecule has 2 heterocycles. The van der Waals surface area contributed by atoms with E-state index < -0.39 is 17.5 Å². The summed E-state index contributed by atoms with van der Waals surface area (Å²) in [6.07, 6.45) is 0. The van der Waals surface area contributed by atoms with Crippen LogP contribution in [0.1, 0.15) is 17.2 Å². The normalized spacial score (nSPS) is 17.0. The van der Waals surface area contributed by atoms with E-state index in [2.05, 4.69) is 10.2 Å². The molecule has 1 aromatic carbocycles. The molecular formula is C15H16ClF3N2S. The fraction of sp³-hybridized carbons (Fsp3) is 0.333. The molecule has 1 atom stereocenters.